The first-order valence-electron chi connectivity index (χ1n) is 11.3. The van der Waals surface area contributed by atoms with E-state index in [0.29, 0.717) is 5.69 Å². The molecular formula is C28H23NO4. The number of hydrogen-bond acceptors (Lipinski definition) is 4. The second-order valence-corrected chi connectivity index (χ2v) is 9.11. The standard InChI is InChI=1S/C28H23NO4/c1-3-33-27(32)18-12-6-9-15-21(18)29-25(30)23-22-16-10-4-7-13-19(16)28(2,24(23)26(29)31)20-14-8-5-11-17(20)22/h4-15,22-24H,3H2,1-2H3/t22?,23-,24-,28?/m0/s1. The molecule has 5 heteroatoms. The minimum atomic E-state index is -0.632. The van der Waals surface area contributed by atoms with E-state index in [1.807, 2.05) is 24.3 Å². The van der Waals surface area contributed by atoms with Gasteiger partial charge in [0.2, 0.25) is 11.8 Å². The fourth-order valence-corrected chi connectivity index (χ4v) is 6.44. The molecule has 5 nitrogen and oxygen atoms in total. The highest BCUT2D eigenvalue weighted by Gasteiger charge is 2.66. The van der Waals surface area contributed by atoms with Crippen LogP contribution in [-0.4, -0.2) is 24.4 Å². The Morgan fingerprint density at radius 2 is 1.45 bits per heavy atom. The molecule has 2 atom stereocenters. The molecule has 1 aliphatic heterocycles. The van der Waals surface area contributed by atoms with Gasteiger partial charge < -0.3 is 4.74 Å². The molecule has 0 aromatic heterocycles. The zero-order chi connectivity index (χ0) is 22.9. The number of carbonyl (C=O) groups excluding carboxylic acids is 3. The summed E-state index contributed by atoms with van der Waals surface area (Å²) in [4.78, 5) is 41.9. The lowest BCUT2D eigenvalue weighted by molar-refractivity contribution is -0.123. The van der Waals surface area contributed by atoms with Gasteiger partial charge in [-0.1, -0.05) is 67.6 Å². The van der Waals surface area contributed by atoms with Gasteiger partial charge in [0.25, 0.3) is 0 Å². The van der Waals surface area contributed by atoms with Gasteiger partial charge in [0.1, 0.15) is 0 Å². The van der Waals surface area contributed by atoms with Crippen LogP contribution >= 0.6 is 0 Å². The Hall–Kier alpha value is -3.73. The van der Waals surface area contributed by atoms with Crippen LogP contribution in [0.5, 0.6) is 0 Å². The first kappa shape index (κ1) is 19.9. The van der Waals surface area contributed by atoms with Crippen LogP contribution in [0.4, 0.5) is 5.69 Å². The predicted molar refractivity (Wildman–Crippen MR) is 123 cm³/mol. The molecule has 0 spiro atoms. The summed E-state index contributed by atoms with van der Waals surface area (Å²) >= 11 is 0. The Morgan fingerprint density at radius 3 is 2.09 bits per heavy atom. The molecule has 164 valence electrons. The van der Waals surface area contributed by atoms with Gasteiger partial charge in [0, 0.05) is 11.3 Å². The van der Waals surface area contributed by atoms with Crippen LogP contribution in [0.15, 0.2) is 72.8 Å². The average molecular weight is 437 g/mol. The maximum absolute atomic E-state index is 14.1. The summed E-state index contributed by atoms with van der Waals surface area (Å²) in [6.45, 7) is 4.03. The Balaban J connectivity index is 1.56. The number of anilines is 1. The minimum absolute atomic E-state index is 0.194. The second-order valence-electron chi connectivity index (χ2n) is 9.11. The maximum Gasteiger partial charge on any atom is 0.340 e. The summed E-state index contributed by atoms with van der Waals surface area (Å²) in [6, 6.07) is 23.0. The van der Waals surface area contributed by atoms with E-state index in [4.69, 9.17) is 4.74 Å². The van der Waals surface area contributed by atoms with Gasteiger partial charge in [-0.2, -0.15) is 0 Å². The summed E-state index contributed by atoms with van der Waals surface area (Å²) in [6.07, 6.45) is 0. The summed E-state index contributed by atoms with van der Waals surface area (Å²) in [5, 5.41) is 0. The lowest BCUT2D eigenvalue weighted by Gasteiger charge is -2.52. The van der Waals surface area contributed by atoms with Crippen molar-refractivity contribution in [1.29, 1.82) is 0 Å². The number of esters is 1. The van der Waals surface area contributed by atoms with Gasteiger partial charge in [0.15, 0.2) is 0 Å². The minimum Gasteiger partial charge on any atom is -0.462 e. The summed E-state index contributed by atoms with van der Waals surface area (Å²) in [5.74, 6) is -2.28. The highest BCUT2D eigenvalue weighted by atomic mass is 16.5. The van der Waals surface area contributed by atoms with Gasteiger partial charge in [-0.15, -0.1) is 0 Å². The number of para-hydroxylation sites is 1. The van der Waals surface area contributed by atoms with Crippen molar-refractivity contribution < 1.29 is 19.1 Å². The van der Waals surface area contributed by atoms with Gasteiger partial charge in [-0.05, 0) is 41.3 Å². The van der Waals surface area contributed by atoms with Gasteiger partial charge in [-0.25, -0.2) is 9.69 Å². The highest BCUT2D eigenvalue weighted by Crippen LogP contribution is 2.64. The maximum atomic E-state index is 14.1. The molecule has 2 bridgehead atoms. The van der Waals surface area contributed by atoms with E-state index in [-0.39, 0.29) is 29.9 Å². The van der Waals surface area contributed by atoms with Crippen molar-refractivity contribution in [3.8, 4) is 0 Å². The number of nitrogens with zero attached hydrogens (tertiary/aromatic N) is 1. The van der Waals surface area contributed by atoms with Crippen LogP contribution in [0.3, 0.4) is 0 Å². The smallest absolute Gasteiger partial charge is 0.340 e. The summed E-state index contributed by atoms with van der Waals surface area (Å²) in [5.41, 5.74) is 4.34. The van der Waals surface area contributed by atoms with E-state index in [0.717, 1.165) is 22.3 Å². The fraction of sp³-hybridized carbons (Fsp3) is 0.250. The molecule has 1 saturated heterocycles. The number of imide groups is 1. The molecule has 0 radical (unpaired) electrons. The van der Waals surface area contributed by atoms with Crippen LogP contribution < -0.4 is 4.90 Å². The highest BCUT2D eigenvalue weighted by molar-refractivity contribution is 6.25. The zero-order valence-corrected chi connectivity index (χ0v) is 18.4. The summed E-state index contributed by atoms with van der Waals surface area (Å²) in [7, 11) is 0. The van der Waals surface area contributed by atoms with Crippen molar-refractivity contribution in [2.24, 2.45) is 11.8 Å². The predicted octanol–water partition coefficient (Wildman–Crippen LogP) is 4.43. The van der Waals surface area contributed by atoms with E-state index in [9.17, 15) is 14.4 Å². The molecule has 2 amide bonds. The molecule has 3 aliphatic carbocycles. The molecule has 4 aliphatic rings. The number of amides is 2. The Labute approximate surface area is 192 Å². The van der Waals surface area contributed by atoms with Gasteiger partial charge in [0.05, 0.1) is 29.7 Å². The molecule has 33 heavy (non-hydrogen) atoms. The van der Waals surface area contributed by atoms with Crippen molar-refractivity contribution in [1.82, 2.24) is 0 Å². The number of hydrogen-bond donors (Lipinski definition) is 0. The Morgan fingerprint density at radius 1 is 0.879 bits per heavy atom. The van der Waals surface area contributed by atoms with E-state index in [1.54, 1.807) is 31.2 Å². The largest absolute Gasteiger partial charge is 0.462 e. The van der Waals surface area contributed by atoms with E-state index >= 15 is 0 Å². The van der Waals surface area contributed by atoms with Crippen molar-refractivity contribution in [2.45, 2.75) is 25.2 Å². The molecule has 3 aromatic carbocycles. The molecule has 1 heterocycles. The average Bonchev–Trinajstić information content (AvgIpc) is 3.11. The van der Waals surface area contributed by atoms with Crippen LogP contribution in [0.2, 0.25) is 0 Å². The zero-order valence-electron chi connectivity index (χ0n) is 18.4. The van der Waals surface area contributed by atoms with Crippen LogP contribution in [0.1, 0.15) is 52.4 Å². The number of rotatable bonds is 3. The van der Waals surface area contributed by atoms with Crippen molar-refractivity contribution in [3.05, 3.63) is 101 Å². The third-order valence-electron chi connectivity index (χ3n) is 7.68. The topological polar surface area (TPSA) is 63.7 Å². The molecule has 0 N–H and O–H groups in total. The van der Waals surface area contributed by atoms with Crippen LogP contribution in [-0.2, 0) is 19.7 Å². The normalized spacial score (nSPS) is 26.6. The SMILES string of the molecule is CCOC(=O)c1ccccc1N1C(=O)[C@@H]2[C@@H](C1=O)C1c3ccccc3C2(C)c2ccccc21. The molecule has 7 rings (SSSR count). The summed E-state index contributed by atoms with van der Waals surface area (Å²) < 4.78 is 5.20. The Kier molecular flexibility index (Phi) is 4.15. The van der Waals surface area contributed by atoms with E-state index in [1.165, 1.54) is 4.90 Å². The molecule has 3 aromatic rings. The number of ether oxygens (including phenoxy) is 1. The number of benzene rings is 3. The number of carbonyl (C=O) groups is 3. The van der Waals surface area contributed by atoms with Crippen molar-refractivity contribution >= 4 is 23.5 Å². The molecule has 0 saturated carbocycles. The molecule has 0 unspecified atom stereocenters. The van der Waals surface area contributed by atoms with Crippen molar-refractivity contribution in [3.63, 3.8) is 0 Å². The van der Waals surface area contributed by atoms with E-state index < -0.39 is 23.2 Å². The monoisotopic (exact) mass is 437 g/mol. The van der Waals surface area contributed by atoms with Gasteiger partial charge >= 0.3 is 5.97 Å². The second kappa shape index (κ2) is 6.88. The first-order chi connectivity index (χ1) is 16.0. The van der Waals surface area contributed by atoms with Crippen LogP contribution in [0.25, 0.3) is 0 Å². The van der Waals surface area contributed by atoms with Crippen LogP contribution in [0, 0.1) is 11.8 Å². The third kappa shape index (κ3) is 2.39. The molecule has 1 fully saturated rings. The van der Waals surface area contributed by atoms with Crippen molar-refractivity contribution in [2.75, 3.05) is 11.5 Å². The lowest BCUT2D eigenvalue weighted by Crippen LogP contribution is -2.51. The third-order valence-corrected chi connectivity index (χ3v) is 7.68. The lowest BCUT2D eigenvalue weighted by atomic mass is 9.48. The molecular weight excluding hydrogens is 414 g/mol. The first-order valence-corrected chi connectivity index (χ1v) is 11.3. The van der Waals surface area contributed by atoms with E-state index in [2.05, 4.69) is 31.2 Å². The Bertz CT molecular complexity index is 1300. The quantitative estimate of drug-likeness (QED) is 0.449. The van der Waals surface area contributed by atoms with Gasteiger partial charge in [-0.3, -0.25) is 9.59 Å². The fourth-order valence-electron chi connectivity index (χ4n) is 6.44.